The van der Waals surface area contributed by atoms with Gasteiger partial charge < -0.3 is 15.5 Å². The predicted molar refractivity (Wildman–Crippen MR) is 79.7 cm³/mol. The van der Waals surface area contributed by atoms with Crippen molar-refractivity contribution in [3.63, 3.8) is 0 Å². The van der Waals surface area contributed by atoms with Crippen molar-refractivity contribution in [2.75, 3.05) is 17.9 Å². The molecule has 0 fully saturated rings. The number of nitrogen functional groups attached to an aromatic ring is 1. The number of nitrogens with one attached hydrogen (secondary N) is 2. The lowest BCUT2D eigenvalue weighted by atomic mass is 10.2. The average Bonchev–Trinajstić information content (AvgIpc) is 2.48. The maximum absolute atomic E-state index is 10.9. The number of benzene rings is 1. The topological polar surface area (TPSA) is 115 Å². The molecule has 0 atom stereocenters. The van der Waals surface area contributed by atoms with Gasteiger partial charge in [0.1, 0.15) is 17.4 Å². The van der Waals surface area contributed by atoms with Gasteiger partial charge in [-0.1, -0.05) is 0 Å². The van der Waals surface area contributed by atoms with Crippen molar-refractivity contribution >= 4 is 23.0 Å². The first-order chi connectivity index (χ1) is 10.0. The monoisotopic (exact) mass is 289 g/mol. The van der Waals surface area contributed by atoms with Crippen LogP contribution in [-0.2, 0) is 0 Å². The van der Waals surface area contributed by atoms with Gasteiger partial charge in [-0.15, -0.1) is 0 Å². The van der Waals surface area contributed by atoms with E-state index in [1.807, 2.05) is 19.1 Å². The molecule has 0 aliphatic rings. The molecule has 4 N–H and O–H groups in total. The number of hydrazine groups is 1. The number of ether oxygens (including phenoxy) is 1. The Labute approximate surface area is 121 Å². The van der Waals surface area contributed by atoms with Gasteiger partial charge in [-0.05, 0) is 30.7 Å². The van der Waals surface area contributed by atoms with Crippen LogP contribution in [0.3, 0.4) is 0 Å². The SMILES string of the molecule is COc1ccc(Nc2cc([N+](=O)[O-])cc(NN)n2)c(C)c1. The number of methoxy groups -OCH3 is 1. The minimum absolute atomic E-state index is 0.105. The molecule has 1 aromatic heterocycles. The van der Waals surface area contributed by atoms with E-state index in [2.05, 4.69) is 15.7 Å². The Bertz CT molecular complexity index is 675. The van der Waals surface area contributed by atoms with Crippen LogP contribution in [-0.4, -0.2) is 17.0 Å². The number of aryl methyl sites for hydroxylation is 1. The van der Waals surface area contributed by atoms with E-state index in [-0.39, 0.29) is 11.5 Å². The van der Waals surface area contributed by atoms with Gasteiger partial charge in [-0.2, -0.15) is 0 Å². The van der Waals surface area contributed by atoms with Gasteiger partial charge in [0.2, 0.25) is 0 Å². The molecule has 8 heteroatoms. The van der Waals surface area contributed by atoms with E-state index >= 15 is 0 Å². The Morgan fingerprint density at radius 2 is 2.00 bits per heavy atom. The first-order valence-electron chi connectivity index (χ1n) is 6.08. The highest BCUT2D eigenvalue weighted by atomic mass is 16.6. The fourth-order valence-corrected chi connectivity index (χ4v) is 1.80. The fraction of sp³-hybridized carbons (Fsp3) is 0.154. The van der Waals surface area contributed by atoms with Crippen molar-refractivity contribution in [1.29, 1.82) is 0 Å². The Hall–Kier alpha value is -2.87. The normalized spacial score (nSPS) is 10.0. The van der Waals surface area contributed by atoms with Crippen molar-refractivity contribution in [3.8, 4) is 5.75 Å². The van der Waals surface area contributed by atoms with Crippen molar-refractivity contribution in [3.05, 3.63) is 46.0 Å². The van der Waals surface area contributed by atoms with Gasteiger partial charge in [0.25, 0.3) is 5.69 Å². The molecule has 2 rings (SSSR count). The molecular formula is C13H15N5O3. The fourth-order valence-electron chi connectivity index (χ4n) is 1.80. The van der Waals surface area contributed by atoms with E-state index in [0.717, 1.165) is 17.0 Å². The van der Waals surface area contributed by atoms with E-state index in [4.69, 9.17) is 10.6 Å². The molecule has 0 spiro atoms. The number of aromatic nitrogens is 1. The molecule has 0 radical (unpaired) electrons. The number of hydrogen-bond acceptors (Lipinski definition) is 7. The van der Waals surface area contributed by atoms with E-state index in [9.17, 15) is 10.1 Å². The molecule has 0 amide bonds. The van der Waals surface area contributed by atoms with Gasteiger partial charge >= 0.3 is 0 Å². The van der Waals surface area contributed by atoms with Crippen molar-refractivity contribution in [2.45, 2.75) is 6.92 Å². The molecule has 21 heavy (non-hydrogen) atoms. The largest absolute Gasteiger partial charge is 0.497 e. The Morgan fingerprint density at radius 1 is 1.29 bits per heavy atom. The van der Waals surface area contributed by atoms with Gasteiger partial charge in [-0.3, -0.25) is 10.1 Å². The maximum Gasteiger partial charge on any atom is 0.276 e. The molecule has 1 heterocycles. The van der Waals surface area contributed by atoms with Crippen LogP contribution in [0.15, 0.2) is 30.3 Å². The molecule has 0 aliphatic carbocycles. The zero-order chi connectivity index (χ0) is 15.4. The summed E-state index contributed by atoms with van der Waals surface area (Å²) in [6.45, 7) is 1.89. The summed E-state index contributed by atoms with van der Waals surface area (Å²) in [5.74, 6) is 6.53. The number of anilines is 3. The lowest BCUT2D eigenvalue weighted by molar-refractivity contribution is -0.384. The van der Waals surface area contributed by atoms with Crippen molar-refractivity contribution < 1.29 is 9.66 Å². The molecular weight excluding hydrogens is 274 g/mol. The Morgan fingerprint density at radius 3 is 2.57 bits per heavy atom. The molecule has 2 aromatic rings. The van der Waals surface area contributed by atoms with E-state index in [1.54, 1.807) is 13.2 Å². The zero-order valence-electron chi connectivity index (χ0n) is 11.6. The smallest absolute Gasteiger partial charge is 0.276 e. The third-order valence-electron chi connectivity index (χ3n) is 2.87. The third kappa shape index (κ3) is 3.37. The summed E-state index contributed by atoms with van der Waals surface area (Å²) in [5.41, 5.74) is 3.89. The maximum atomic E-state index is 10.9. The summed E-state index contributed by atoms with van der Waals surface area (Å²) in [7, 11) is 1.59. The van der Waals surface area contributed by atoms with E-state index < -0.39 is 4.92 Å². The van der Waals surface area contributed by atoms with Gasteiger partial charge in [0.05, 0.1) is 24.2 Å². The van der Waals surface area contributed by atoms with Crippen molar-refractivity contribution in [1.82, 2.24) is 4.98 Å². The minimum atomic E-state index is -0.505. The first-order valence-corrected chi connectivity index (χ1v) is 6.08. The molecule has 8 nitrogen and oxygen atoms in total. The van der Waals surface area contributed by atoms with Gasteiger partial charge in [0.15, 0.2) is 0 Å². The van der Waals surface area contributed by atoms with Gasteiger partial charge in [-0.25, -0.2) is 10.8 Å². The van der Waals surface area contributed by atoms with Crippen LogP contribution in [0.25, 0.3) is 0 Å². The molecule has 0 saturated carbocycles. The van der Waals surface area contributed by atoms with Crippen LogP contribution in [0.4, 0.5) is 23.0 Å². The summed E-state index contributed by atoms with van der Waals surface area (Å²) in [6, 6.07) is 8.04. The van der Waals surface area contributed by atoms with Crippen molar-refractivity contribution in [2.24, 2.45) is 5.84 Å². The molecule has 0 bridgehead atoms. The predicted octanol–water partition coefficient (Wildman–Crippen LogP) is 2.34. The quantitative estimate of drug-likeness (QED) is 0.439. The lowest BCUT2D eigenvalue weighted by Gasteiger charge is -2.11. The molecule has 0 saturated heterocycles. The van der Waals surface area contributed by atoms with E-state index in [0.29, 0.717) is 5.82 Å². The minimum Gasteiger partial charge on any atom is -0.497 e. The van der Waals surface area contributed by atoms with Gasteiger partial charge in [0, 0.05) is 5.69 Å². The summed E-state index contributed by atoms with van der Waals surface area (Å²) in [5, 5.41) is 13.9. The number of pyridine rings is 1. The average molecular weight is 289 g/mol. The summed E-state index contributed by atoms with van der Waals surface area (Å²) >= 11 is 0. The third-order valence-corrected chi connectivity index (χ3v) is 2.87. The second-order valence-corrected chi connectivity index (χ2v) is 4.30. The van der Waals surface area contributed by atoms with Crippen LogP contribution >= 0.6 is 0 Å². The highest BCUT2D eigenvalue weighted by Crippen LogP contribution is 2.26. The second-order valence-electron chi connectivity index (χ2n) is 4.30. The first kappa shape index (κ1) is 14.5. The molecule has 1 aromatic carbocycles. The zero-order valence-corrected chi connectivity index (χ0v) is 11.6. The Balaban J connectivity index is 2.34. The summed E-state index contributed by atoms with van der Waals surface area (Å²) in [4.78, 5) is 14.5. The van der Waals surface area contributed by atoms with Crippen LogP contribution in [0.5, 0.6) is 5.75 Å². The molecule has 0 aliphatic heterocycles. The van der Waals surface area contributed by atoms with E-state index in [1.165, 1.54) is 12.1 Å². The Kier molecular flexibility index (Phi) is 4.19. The highest BCUT2D eigenvalue weighted by Gasteiger charge is 2.11. The number of rotatable bonds is 5. The second kappa shape index (κ2) is 6.06. The summed E-state index contributed by atoms with van der Waals surface area (Å²) in [6.07, 6.45) is 0. The number of nitrogens with two attached hydrogens (primary N) is 1. The van der Waals surface area contributed by atoms with Crippen LogP contribution in [0.1, 0.15) is 5.56 Å². The number of hydrogen-bond donors (Lipinski definition) is 3. The number of nitro groups is 1. The molecule has 0 unspecified atom stereocenters. The standard InChI is InChI=1S/C13H15N5O3/c1-8-5-10(21-2)3-4-11(8)15-12-6-9(18(19)20)7-13(16-12)17-14/h3-7H,14H2,1-2H3,(H2,15,16,17). The lowest BCUT2D eigenvalue weighted by Crippen LogP contribution is -2.10. The molecule has 110 valence electrons. The van der Waals surface area contributed by atoms with Crippen LogP contribution in [0.2, 0.25) is 0 Å². The van der Waals surface area contributed by atoms with Crippen LogP contribution in [0, 0.1) is 17.0 Å². The number of nitrogens with zero attached hydrogens (tertiary/aromatic N) is 2. The summed E-state index contributed by atoms with van der Waals surface area (Å²) < 4.78 is 5.13. The van der Waals surface area contributed by atoms with Crippen LogP contribution < -0.4 is 21.3 Å². The highest BCUT2D eigenvalue weighted by molar-refractivity contribution is 5.65.